The van der Waals surface area contributed by atoms with E-state index in [9.17, 15) is 0 Å². The summed E-state index contributed by atoms with van der Waals surface area (Å²) in [7, 11) is 0. The molecule has 1 aromatic carbocycles. The molecule has 0 aliphatic heterocycles. The first-order valence-corrected chi connectivity index (χ1v) is 8.06. The number of anilines is 1. The summed E-state index contributed by atoms with van der Waals surface area (Å²) in [5, 5.41) is 2.12. The van der Waals surface area contributed by atoms with Crippen LogP contribution in [0.5, 0.6) is 0 Å². The fourth-order valence-electron chi connectivity index (χ4n) is 2.09. The zero-order valence-corrected chi connectivity index (χ0v) is 13.7. The maximum atomic E-state index is 5.87. The van der Waals surface area contributed by atoms with Gasteiger partial charge in [-0.15, -0.1) is 11.3 Å². The van der Waals surface area contributed by atoms with Crippen LogP contribution in [0.25, 0.3) is 0 Å². The Morgan fingerprint density at radius 1 is 1.32 bits per heavy atom. The molecule has 0 unspecified atom stereocenters. The molecule has 102 valence electrons. The molecule has 0 aliphatic rings. The maximum Gasteiger partial charge on any atom is 0.0525 e. The Balaban J connectivity index is 2.35. The minimum atomic E-state index is 0.432. The fraction of sp³-hybridized carbons (Fsp3) is 0.333. The highest BCUT2D eigenvalue weighted by molar-refractivity contribution is 9.10. The molecule has 0 saturated heterocycles. The van der Waals surface area contributed by atoms with Gasteiger partial charge in [0.1, 0.15) is 0 Å². The van der Waals surface area contributed by atoms with Crippen molar-refractivity contribution in [2.75, 3.05) is 4.90 Å². The van der Waals surface area contributed by atoms with Gasteiger partial charge in [-0.3, -0.25) is 0 Å². The van der Waals surface area contributed by atoms with E-state index < -0.39 is 0 Å². The van der Waals surface area contributed by atoms with Gasteiger partial charge in [0.05, 0.1) is 6.54 Å². The molecule has 0 radical (unpaired) electrons. The van der Waals surface area contributed by atoms with Crippen molar-refractivity contribution in [2.24, 2.45) is 5.73 Å². The average Bonchev–Trinajstić information content (AvgIpc) is 2.88. The first-order chi connectivity index (χ1) is 9.11. The van der Waals surface area contributed by atoms with Crippen LogP contribution in [0.4, 0.5) is 5.69 Å². The van der Waals surface area contributed by atoms with Crippen LogP contribution in [0.3, 0.4) is 0 Å². The maximum absolute atomic E-state index is 5.87. The van der Waals surface area contributed by atoms with E-state index >= 15 is 0 Å². The Morgan fingerprint density at radius 3 is 2.68 bits per heavy atom. The van der Waals surface area contributed by atoms with Crippen LogP contribution in [-0.4, -0.2) is 6.04 Å². The molecule has 0 aliphatic carbocycles. The lowest BCUT2D eigenvalue weighted by Gasteiger charge is -2.30. The summed E-state index contributed by atoms with van der Waals surface area (Å²) in [4.78, 5) is 3.77. The molecule has 0 saturated carbocycles. The minimum absolute atomic E-state index is 0.432. The second-order valence-corrected chi connectivity index (χ2v) is 6.73. The Morgan fingerprint density at radius 2 is 2.11 bits per heavy atom. The van der Waals surface area contributed by atoms with Crippen molar-refractivity contribution in [3.05, 3.63) is 50.6 Å². The van der Waals surface area contributed by atoms with E-state index in [1.54, 1.807) is 11.3 Å². The molecule has 2 N–H and O–H groups in total. The predicted molar refractivity (Wildman–Crippen MR) is 87.7 cm³/mol. The smallest absolute Gasteiger partial charge is 0.0525 e. The van der Waals surface area contributed by atoms with Crippen molar-refractivity contribution in [1.29, 1.82) is 0 Å². The lowest BCUT2D eigenvalue weighted by molar-refractivity contribution is 0.683. The van der Waals surface area contributed by atoms with Crippen LogP contribution in [0.2, 0.25) is 0 Å². The van der Waals surface area contributed by atoms with Gasteiger partial charge in [-0.05, 0) is 43.0 Å². The number of thiophene rings is 1. The number of halogens is 1. The van der Waals surface area contributed by atoms with E-state index in [-0.39, 0.29) is 0 Å². The van der Waals surface area contributed by atoms with Gasteiger partial charge in [0.2, 0.25) is 0 Å². The van der Waals surface area contributed by atoms with Crippen LogP contribution in [-0.2, 0) is 13.1 Å². The van der Waals surface area contributed by atoms with E-state index in [0.29, 0.717) is 12.6 Å². The number of hydrogen-bond acceptors (Lipinski definition) is 3. The SMILES string of the molecule is CC(C)N(Cc1cccs1)c1cc(Br)ccc1CN. The highest BCUT2D eigenvalue weighted by atomic mass is 79.9. The van der Waals surface area contributed by atoms with E-state index in [0.717, 1.165) is 11.0 Å². The summed E-state index contributed by atoms with van der Waals surface area (Å²) in [5.41, 5.74) is 8.28. The molecular weight excluding hydrogens is 320 g/mol. The molecule has 0 atom stereocenters. The van der Waals surface area contributed by atoms with E-state index in [1.807, 2.05) is 0 Å². The number of rotatable bonds is 5. The van der Waals surface area contributed by atoms with Crippen LogP contribution in [0.1, 0.15) is 24.3 Å². The monoisotopic (exact) mass is 338 g/mol. The third-order valence-corrected chi connectivity index (χ3v) is 4.46. The normalized spacial score (nSPS) is 11.0. The summed E-state index contributed by atoms with van der Waals surface area (Å²) in [6.07, 6.45) is 0. The fourth-order valence-corrected chi connectivity index (χ4v) is 3.15. The molecular formula is C15H19BrN2S. The first-order valence-electron chi connectivity index (χ1n) is 6.39. The zero-order chi connectivity index (χ0) is 13.8. The highest BCUT2D eigenvalue weighted by Gasteiger charge is 2.15. The summed E-state index contributed by atoms with van der Waals surface area (Å²) < 4.78 is 1.09. The molecule has 2 aromatic rings. The van der Waals surface area contributed by atoms with Gasteiger partial charge >= 0.3 is 0 Å². The van der Waals surface area contributed by atoms with Crippen molar-refractivity contribution < 1.29 is 0 Å². The third-order valence-electron chi connectivity index (χ3n) is 3.11. The number of nitrogens with zero attached hydrogens (tertiary/aromatic N) is 1. The van der Waals surface area contributed by atoms with Crippen LogP contribution in [0.15, 0.2) is 40.2 Å². The zero-order valence-electron chi connectivity index (χ0n) is 11.3. The van der Waals surface area contributed by atoms with Crippen LogP contribution < -0.4 is 10.6 Å². The summed E-state index contributed by atoms with van der Waals surface area (Å²) >= 11 is 5.35. The average molecular weight is 339 g/mol. The van der Waals surface area contributed by atoms with Crippen LogP contribution in [0, 0.1) is 0 Å². The number of benzene rings is 1. The molecule has 2 rings (SSSR count). The third kappa shape index (κ3) is 3.59. The van der Waals surface area contributed by atoms with Crippen LogP contribution >= 0.6 is 27.3 Å². The van der Waals surface area contributed by atoms with Gasteiger partial charge in [-0.2, -0.15) is 0 Å². The Labute approximate surface area is 127 Å². The topological polar surface area (TPSA) is 29.3 Å². The predicted octanol–water partition coefficient (Wildman–Crippen LogP) is 4.38. The summed E-state index contributed by atoms with van der Waals surface area (Å²) in [6.45, 7) is 5.93. The Hall–Kier alpha value is -0.840. The molecule has 2 nitrogen and oxygen atoms in total. The van der Waals surface area contributed by atoms with Gasteiger partial charge in [0.25, 0.3) is 0 Å². The summed E-state index contributed by atoms with van der Waals surface area (Å²) in [5.74, 6) is 0. The lowest BCUT2D eigenvalue weighted by atomic mass is 10.1. The largest absolute Gasteiger partial charge is 0.364 e. The quantitative estimate of drug-likeness (QED) is 0.876. The minimum Gasteiger partial charge on any atom is -0.364 e. The highest BCUT2D eigenvalue weighted by Crippen LogP contribution is 2.28. The molecule has 4 heteroatoms. The molecule has 1 heterocycles. The van der Waals surface area contributed by atoms with Crippen molar-refractivity contribution in [2.45, 2.75) is 33.0 Å². The van der Waals surface area contributed by atoms with Crippen molar-refractivity contribution in [3.63, 3.8) is 0 Å². The van der Waals surface area contributed by atoms with E-state index in [4.69, 9.17) is 5.73 Å². The van der Waals surface area contributed by atoms with Crippen molar-refractivity contribution >= 4 is 33.0 Å². The van der Waals surface area contributed by atoms with Crippen molar-refractivity contribution in [1.82, 2.24) is 0 Å². The number of hydrogen-bond donors (Lipinski definition) is 1. The van der Waals surface area contributed by atoms with Gasteiger partial charge in [0.15, 0.2) is 0 Å². The van der Waals surface area contributed by atoms with Gasteiger partial charge in [-0.25, -0.2) is 0 Å². The second kappa shape index (κ2) is 6.55. The number of nitrogens with two attached hydrogens (primary N) is 1. The Bertz CT molecular complexity index is 523. The van der Waals surface area contributed by atoms with Crippen molar-refractivity contribution in [3.8, 4) is 0 Å². The molecule has 0 amide bonds. The lowest BCUT2D eigenvalue weighted by Crippen LogP contribution is -2.31. The first kappa shape index (κ1) is 14.6. The molecule has 0 spiro atoms. The van der Waals surface area contributed by atoms with E-state index in [2.05, 4.69) is 70.4 Å². The van der Waals surface area contributed by atoms with Gasteiger partial charge in [0, 0.05) is 27.6 Å². The Kier molecular flexibility index (Phi) is 5.02. The molecule has 19 heavy (non-hydrogen) atoms. The standard InChI is InChI=1S/C15H19BrN2S/c1-11(2)18(10-14-4-3-7-19-14)15-8-13(16)6-5-12(15)9-17/h3-8,11H,9-10,17H2,1-2H3. The summed E-state index contributed by atoms with van der Waals surface area (Å²) in [6, 6.07) is 11.0. The second-order valence-electron chi connectivity index (χ2n) is 4.78. The van der Waals surface area contributed by atoms with E-state index in [1.165, 1.54) is 16.1 Å². The molecule has 1 aromatic heterocycles. The van der Waals surface area contributed by atoms with Gasteiger partial charge in [-0.1, -0.05) is 28.1 Å². The molecule has 0 bridgehead atoms. The van der Waals surface area contributed by atoms with Gasteiger partial charge < -0.3 is 10.6 Å². The molecule has 0 fully saturated rings.